The van der Waals surface area contributed by atoms with Crippen molar-refractivity contribution >= 4 is 21.8 Å². The van der Waals surface area contributed by atoms with Crippen molar-refractivity contribution in [3.05, 3.63) is 46.6 Å². The van der Waals surface area contributed by atoms with Crippen LogP contribution in [0.5, 0.6) is 17.2 Å². The quantitative estimate of drug-likeness (QED) is 0.533. The highest BCUT2D eigenvalue weighted by Crippen LogP contribution is 2.29. The SMILES string of the molecule is O=c1cc2cc(O)c(O)cc2nc2c(O)cccc12. The van der Waals surface area contributed by atoms with E-state index in [1.807, 2.05) is 0 Å². The van der Waals surface area contributed by atoms with Gasteiger partial charge in [0, 0.05) is 11.5 Å². The molecule has 19 heavy (non-hydrogen) atoms. The van der Waals surface area contributed by atoms with Gasteiger partial charge in [0.2, 0.25) is 0 Å². The molecule has 2 aromatic carbocycles. The number of aromatic nitrogens is 1. The Balaban J connectivity index is 2.62. The van der Waals surface area contributed by atoms with Crippen molar-refractivity contribution in [2.75, 3.05) is 0 Å². The van der Waals surface area contributed by atoms with E-state index in [1.54, 1.807) is 12.1 Å². The second-order valence-corrected chi connectivity index (χ2v) is 4.19. The Labute approximate surface area is 107 Å². The van der Waals surface area contributed by atoms with Gasteiger partial charge in [0.15, 0.2) is 16.9 Å². The standard InChI is InChI=1S/C14H9NO4/c16-10-3-1-2-8-11(17)4-7-5-12(18)13(19)6-9(7)15-14(8)10/h1-6,16,18-19H. The first kappa shape index (κ1) is 11.3. The van der Waals surface area contributed by atoms with E-state index in [0.717, 1.165) is 0 Å². The highest BCUT2D eigenvalue weighted by molar-refractivity contribution is 5.91. The predicted molar refractivity (Wildman–Crippen MR) is 70.5 cm³/mol. The Morgan fingerprint density at radius 3 is 2.42 bits per heavy atom. The number of nitrogens with zero attached hydrogens (tertiary/aromatic N) is 1. The lowest BCUT2D eigenvalue weighted by atomic mass is 10.2. The summed E-state index contributed by atoms with van der Waals surface area (Å²) in [5.41, 5.74) is 0.148. The summed E-state index contributed by atoms with van der Waals surface area (Å²) in [4.78, 5) is 16.2. The molecule has 5 nitrogen and oxygen atoms in total. The molecule has 0 radical (unpaired) electrons. The first-order chi connectivity index (χ1) is 9.06. The highest BCUT2D eigenvalue weighted by Gasteiger charge is 2.08. The maximum absolute atomic E-state index is 12.0. The molecule has 1 aromatic heterocycles. The van der Waals surface area contributed by atoms with Gasteiger partial charge in [0.1, 0.15) is 11.3 Å². The van der Waals surface area contributed by atoms with Crippen LogP contribution in [0.1, 0.15) is 0 Å². The summed E-state index contributed by atoms with van der Waals surface area (Å²) in [6.07, 6.45) is 0. The zero-order valence-corrected chi connectivity index (χ0v) is 9.66. The van der Waals surface area contributed by atoms with Gasteiger partial charge in [-0.1, -0.05) is 6.07 Å². The molecule has 0 fully saturated rings. The molecular weight excluding hydrogens is 246 g/mol. The molecule has 0 spiro atoms. The lowest BCUT2D eigenvalue weighted by molar-refractivity contribution is 0.405. The van der Waals surface area contributed by atoms with Gasteiger partial charge in [-0.3, -0.25) is 4.79 Å². The molecule has 0 saturated carbocycles. The van der Waals surface area contributed by atoms with Crippen LogP contribution in [-0.2, 0) is 0 Å². The number of para-hydroxylation sites is 1. The Hall–Kier alpha value is -2.82. The molecule has 0 atom stereocenters. The molecule has 0 aliphatic rings. The Morgan fingerprint density at radius 2 is 1.63 bits per heavy atom. The van der Waals surface area contributed by atoms with E-state index in [9.17, 15) is 20.1 Å². The van der Waals surface area contributed by atoms with Crippen LogP contribution < -0.4 is 5.43 Å². The minimum atomic E-state index is -0.331. The molecule has 0 unspecified atom stereocenters. The number of phenolic OH excluding ortho intramolecular Hbond substituents is 3. The molecule has 3 rings (SSSR count). The second kappa shape index (κ2) is 3.84. The van der Waals surface area contributed by atoms with Crippen molar-refractivity contribution in [3.63, 3.8) is 0 Å². The summed E-state index contributed by atoms with van der Waals surface area (Å²) in [7, 11) is 0. The van der Waals surface area contributed by atoms with Crippen LogP contribution in [0.25, 0.3) is 21.8 Å². The number of aromatic hydroxyl groups is 3. The van der Waals surface area contributed by atoms with Gasteiger partial charge in [-0.25, -0.2) is 4.98 Å². The normalized spacial score (nSPS) is 10.9. The molecule has 0 aliphatic carbocycles. The predicted octanol–water partition coefficient (Wildman–Crippen LogP) is 1.86. The fourth-order valence-electron chi connectivity index (χ4n) is 1.98. The van der Waals surface area contributed by atoms with Gasteiger partial charge in [-0.2, -0.15) is 0 Å². The lowest BCUT2D eigenvalue weighted by Crippen LogP contribution is -1.94. The van der Waals surface area contributed by atoms with Crippen LogP contribution >= 0.6 is 0 Å². The maximum Gasteiger partial charge on any atom is 0.188 e. The average molecular weight is 255 g/mol. The third kappa shape index (κ3) is 1.72. The van der Waals surface area contributed by atoms with E-state index in [0.29, 0.717) is 10.9 Å². The fourth-order valence-corrected chi connectivity index (χ4v) is 1.98. The molecule has 94 valence electrons. The Kier molecular flexibility index (Phi) is 2.28. The number of rotatable bonds is 0. The van der Waals surface area contributed by atoms with Crippen molar-refractivity contribution in [3.8, 4) is 17.2 Å². The van der Waals surface area contributed by atoms with Gasteiger partial charge in [-0.05, 0) is 24.3 Å². The van der Waals surface area contributed by atoms with Gasteiger partial charge in [-0.15, -0.1) is 0 Å². The molecule has 0 bridgehead atoms. The number of fused-ring (bicyclic) bond motifs is 2. The first-order valence-electron chi connectivity index (χ1n) is 5.55. The van der Waals surface area contributed by atoms with E-state index >= 15 is 0 Å². The van der Waals surface area contributed by atoms with Crippen molar-refractivity contribution in [2.24, 2.45) is 0 Å². The minimum Gasteiger partial charge on any atom is -0.506 e. The fraction of sp³-hybridized carbons (Fsp3) is 0. The largest absolute Gasteiger partial charge is 0.506 e. The van der Waals surface area contributed by atoms with Gasteiger partial charge in [0.25, 0.3) is 0 Å². The summed E-state index contributed by atoms with van der Waals surface area (Å²) in [6, 6.07) is 8.36. The van der Waals surface area contributed by atoms with Crippen molar-refractivity contribution in [1.82, 2.24) is 4.98 Å². The zero-order chi connectivity index (χ0) is 13.6. The molecule has 1 heterocycles. The van der Waals surface area contributed by atoms with E-state index in [4.69, 9.17) is 0 Å². The second-order valence-electron chi connectivity index (χ2n) is 4.19. The van der Waals surface area contributed by atoms with Crippen LogP contribution in [0, 0.1) is 0 Å². The van der Waals surface area contributed by atoms with E-state index in [1.165, 1.54) is 24.3 Å². The van der Waals surface area contributed by atoms with Crippen molar-refractivity contribution < 1.29 is 15.3 Å². The number of phenols is 3. The molecule has 0 aliphatic heterocycles. The topological polar surface area (TPSA) is 90.7 Å². The van der Waals surface area contributed by atoms with E-state index in [2.05, 4.69) is 4.98 Å². The molecule has 3 N–H and O–H groups in total. The molecule has 0 saturated heterocycles. The van der Waals surface area contributed by atoms with Gasteiger partial charge in [0.05, 0.1) is 10.9 Å². The van der Waals surface area contributed by atoms with Crippen molar-refractivity contribution in [2.45, 2.75) is 0 Å². The van der Waals surface area contributed by atoms with Gasteiger partial charge < -0.3 is 15.3 Å². The summed E-state index contributed by atoms with van der Waals surface area (Å²) >= 11 is 0. The third-order valence-corrected chi connectivity index (χ3v) is 2.92. The Bertz CT molecular complexity index is 874. The summed E-state index contributed by atoms with van der Waals surface area (Å²) in [5.74, 6) is -0.768. The van der Waals surface area contributed by atoms with Crippen LogP contribution in [0.3, 0.4) is 0 Å². The summed E-state index contributed by atoms with van der Waals surface area (Å²) in [5, 5.41) is 29.4. The average Bonchev–Trinajstić information content (AvgIpc) is 2.49. The molecule has 0 amide bonds. The van der Waals surface area contributed by atoms with Crippen LogP contribution in [0.4, 0.5) is 0 Å². The summed E-state index contributed by atoms with van der Waals surface area (Å²) < 4.78 is 0. The number of benzene rings is 2. The maximum atomic E-state index is 12.0. The number of hydrogen-bond donors (Lipinski definition) is 3. The minimum absolute atomic E-state index is 0.111. The van der Waals surface area contributed by atoms with Crippen molar-refractivity contribution in [1.29, 1.82) is 0 Å². The van der Waals surface area contributed by atoms with E-state index < -0.39 is 0 Å². The lowest BCUT2D eigenvalue weighted by Gasteiger charge is -1.98. The molecule has 3 aromatic rings. The van der Waals surface area contributed by atoms with Crippen LogP contribution in [0.2, 0.25) is 0 Å². The smallest absolute Gasteiger partial charge is 0.188 e. The van der Waals surface area contributed by atoms with Crippen LogP contribution in [0.15, 0.2) is 41.2 Å². The number of hydrogen-bond acceptors (Lipinski definition) is 5. The third-order valence-electron chi connectivity index (χ3n) is 2.92. The summed E-state index contributed by atoms with van der Waals surface area (Å²) in [6.45, 7) is 0. The van der Waals surface area contributed by atoms with Gasteiger partial charge >= 0.3 is 0 Å². The molecule has 5 heteroatoms. The van der Waals surface area contributed by atoms with Crippen LogP contribution in [-0.4, -0.2) is 20.3 Å². The first-order valence-corrected chi connectivity index (χ1v) is 5.55. The highest BCUT2D eigenvalue weighted by atomic mass is 16.3. The zero-order valence-electron chi connectivity index (χ0n) is 9.66. The van der Waals surface area contributed by atoms with E-state index in [-0.39, 0.29) is 33.6 Å². The molecular formula is C14H9NO4. The Morgan fingerprint density at radius 1 is 0.895 bits per heavy atom. The monoisotopic (exact) mass is 255 g/mol.